The summed E-state index contributed by atoms with van der Waals surface area (Å²) in [5.74, 6) is 0.132. The highest BCUT2D eigenvalue weighted by molar-refractivity contribution is 7.89. The second kappa shape index (κ2) is 9.59. The molecule has 2 aromatic carbocycles. The first kappa shape index (κ1) is 23.6. The zero-order chi connectivity index (χ0) is 24.7. The number of fused-ring (bicyclic) bond motifs is 4. The molecule has 188 valence electrons. The standard InChI is InChI=1S/C28H31N3O4S/c32-28-26(25-9-5-4-6-22(25)19-29-12-14-35-15-13-29)10-11-27-23-16-21(18-31(27)28)17-30(20-23)36(33,34)24-7-2-1-3-8-24/h1-11,21,23H,12-20H2/t21-,23-/m1/s1. The van der Waals surface area contributed by atoms with Crippen molar-refractivity contribution in [3.05, 3.63) is 88.3 Å². The highest BCUT2D eigenvalue weighted by atomic mass is 32.2. The highest BCUT2D eigenvalue weighted by Crippen LogP contribution is 2.38. The monoisotopic (exact) mass is 505 g/mol. The average Bonchev–Trinajstić information content (AvgIpc) is 2.91. The molecule has 0 N–H and O–H groups in total. The van der Waals surface area contributed by atoms with Crippen LogP contribution in [-0.4, -0.2) is 61.6 Å². The molecule has 36 heavy (non-hydrogen) atoms. The van der Waals surface area contributed by atoms with Crippen LogP contribution in [0.15, 0.2) is 76.4 Å². The van der Waals surface area contributed by atoms with Crippen LogP contribution in [0.4, 0.5) is 0 Å². The molecule has 0 unspecified atom stereocenters. The van der Waals surface area contributed by atoms with Gasteiger partial charge in [0.1, 0.15) is 0 Å². The van der Waals surface area contributed by atoms with Crippen LogP contribution in [0.5, 0.6) is 0 Å². The molecule has 4 heterocycles. The van der Waals surface area contributed by atoms with Crippen LogP contribution in [0.25, 0.3) is 11.1 Å². The average molecular weight is 506 g/mol. The predicted octanol–water partition coefficient (Wildman–Crippen LogP) is 3.16. The second-order valence-corrected chi connectivity index (χ2v) is 12.0. The van der Waals surface area contributed by atoms with Crippen molar-refractivity contribution < 1.29 is 13.2 Å². The van der Waals surface area contributed by atoms with Crippen LogP contribution in [0.1, 0.15) is 23.6 Å². The Morgan fingerprint density at radius 3 is 2.39 bits per heavy atom. The van der Waals surface area contributed by atoms with E-state index in [4.69, 9.17) is 4.74 Å². The number of piperidine rings is 1. The Morgan fingerprint density at radius 1 is 0.833 bits per heavy atom. The van der Waals surface area contributed by atoms with Crippen LogP contribution >= 0.6 is 0 Å². The number of rotatable bonds is 5. The van der Waals surface area contributed by atoms with Gasteiger partial charge in [0, 0.05) is 56.4 Å². The molecule has 2 atom stereocenters. The summed E-state index contributed by atoms with van der Waals surface area (Å²) in [7, 11) is -3.56. The van der Waals surface area contributed by atoms with E-state index in [-0.39, 0.29) is 17.4 Å². The number of nitrogens with zero attached hydrogens (tertiary/aromatic N) is 3. The van der Waals surface area contributed by atoms with Crippen molar-refractivity contribution in [1.82, 2.24) is 13.8 Å². The molecule has 7 nitrogen and oxygen atoms in total. The third-order valence-electron chi connectivity index (χ3n) is 7.76. The van der Waals surface area contributed by atoms with Crippen molar-refractivity contribution >= 4 is 10.0 Å². The van der Waals surface area contributed by atoms with E-state index >= 15 is 0 Å². The molecule has 6 rings (SSSR count). The molecule has 3 aliphatic heterocycles. The molecule has 0 aliphatic carbocycles. The molecular formula is C28H31N3O4S. The first-order valence-electron chi connectivity index (χ1n) is 12.7. The van der Waals surface area contributed by atoms with Crippen LogP contribution in [0.2, 0.25) is 0 Å². The third kappa shape index (κ3) is 4.32. The maximum atomic E-state index is 13.8. The third-order valence-corrected chi connectivity index (χ3v) is 9.60. The Morgan fingerprint density at radius 2 is 1.58 bits per heavy atom. The van der Waals surface area contributed by atoms with Crippen LogP contribution in [0.3, 0.4) is 0 Å². The molecular weight excluding hydrogens is 474 g/mol. The topological polar surface area (TPSA) is 71.8 Å². The summed E-state index contributed by atoms with van der Waals surface area (Å²) in [5.41, 5.74) is 3.81. The number of pyridine rings is 1. The lowest BCUT2D eigenvalue weighted by atomic mass is 9.83. The summed E-state index contributed by atoms with van der Waals surface area (Å²) in [6.07, 6.45) is 0.910. The first-order valence-corrected chi connectivity index (χ1v) is 14.1. The minimum absolute atomic E-state index is 0.0151. The van der Waals surface area contributed by atoms with E-state index < -0.39 is 10.0 Å². The highest BCUT2D eigenvalue weighted by Gasteiger charge is 2.39. The van der Waals surface area contributed by atoms with Crippen molar-refractivity contribution in [2.24, 2.45) is 5.92 Å². The minimum Gasteiger partial charge on any atom is -0.379 e. The Kier molecular flexibility index (Phi) is 6.29. The number of hydrogen-bond acceptors (Lipinski definition) is 5. The van der Waals surface area contributed by atoms with E-state index in [9.17, 15) is 13.2 Å². The van der Waals surface area contributed by atoms with Gasteiger partial charge in [-0.15, -0.1) is 0 Å². The summed E-state index contributed by atoms with van der Waals surface area (Å²) in [6.45, 7) is 5.44. The van der Waals surface area contributed by atoms with Gasteiger partial charge in [-0.3, -0.25) is 9.69 Å². The first-order chi connectivity index (χ1) is 17.5. The fraction of sp³-hybridized carbons (Fsp3) is 0.393. The smallest absolute Gasteiger partial charge is 0.258 e. The zero-order valence-electron chi connectivity index (χ0n) is 20.3. The lowest BCUT2D eigenvalue weighted by molar-refractivity contribution is 0.0342. The van der Waals surface area contributed by atoms with Gasteiger partial charge in [-0.2, -0.15) is 4.31 Å². The molecule has 8 heteroatoms. The summed E-state index contributed by atoms with van der Waals surface area (Å²) >= 11 is 0. The number of morpholine rings is 1. The van der Waals surface area contributed by atoms with Gasteiger partial charge in [-0.1, -0.05) is 42.5 Å². The normalized spacial score (nSPS) is 22.8. The fourth-order valence-electron chi connectivity index (χ4n) is 5.97. The maximum Gasteiger partial charge on any atom is 0.258 e. The number of benzene rings is 2. The predicted molar refractivity (Wildman–Crippen MR) is 138 cm³/mol. The van der Waals surface area contributed by atoms with Gasteiger partial charge in [0.25, 0.3) is 5.56 Å². The SMILES string of the molecule is O=c1c(-c2ccccc2CN2CCOCC2)ccc2n1C[C@@H]1C[C@@H]2CN(S(=O)(=O)c2ccccc2)C1. The minimum atomic E-state index is -3.56. The van der Waals surface area contributed by atoms with Gasteiger partial charge >= 0.3 is 0 Å². The number of hydrogen-bond donors (Lipinski definition) is 0. The molecule has 3 aliphatic rings. The van der Waals surface area contributed by atoms with Gasteiger partial charge in [0.15, 0.2) is 0 Å². The summed E-state index contributed by atoms with van der Waals surface area (Å²) in [5, 5.41) is 0. The Hall–Kier alpha value is -2.78. The fourth-order valence-corrected chi connectivity index (χ4v) is 7.55. The van der Waals surface area contributed by atoms with E-state index in [1.54, 1.807) is 28.6 Å². The van der Waals surface area contributed by atoms with Gasteiger partial charge in [-0.05, 0) is 47.7 Å². The van der Waals surface area contributed by atoms with Crippen LogP contribution in [0, 0.1) is 5.92 Å². The molecule has 0 amide bonds. The molecule has 2 fully saturated rings. The van der Waals surface area contributed by atoms with Crippen molar-refractivity contribution in [3.8, 4) is 11.1 Å². The Balaban J connectivity index is 1.31. The van der Waals surface area contributed by atoms with Gasteiger partial charge in [0.2, 0.25) is 10.0 Å². The molecule has 2 bridgehead atoms. The lowest BCUT2D eigenvalue weighted by Gasteiger charge is -2.42. The Labute approximate surface area is 212 Å². The molecule has 0 spiro atoms. The zero-order valence-corrected chi connectivity index (χ0v) is 21.1. The lowest BCUT2D eigenvalue weighted by Crippen LogP contribution is -2.49. The molecule has 2 saturated heterocycles. The van der Waals surface area contributed by atoms with Gasteiger partial charge in [-0.25, -0.2) is 8.42 Å². The van der Waals surface area contributed by atoms with E-state index in [0.717, 1.165) is 61.7 Å². The molecule has 0 saturated carbocycles. The van der Waals surface area contributed by atoms with E-state index in [1.165, 1.54) is 0 Å². The summed E-state index contributed by atoms with van der Waals surface area (Å²) in [6, 6.07) is 20.8. The van der Waals surface area contributed by atoms with E-state index in [1.807, 2.05) is 41.0 Å². The maximum absolute atomic E-state index is 13.8. The summed E-state index contributed by atoms with van der Waals surface area (Å²) < 4.78 is 35.6. The number of sulfonamides is 1. The van der Waals surface area contributed by atoms with Crippen molar-refractivity contribution in [2.45, 2.75) is 30.3 Å². The van der Waals surface area contributed by atoms with Crippen LogP contribution < -0.4 is 5.56 Å². The number of ether oxygens (including phenoxy) is 1. The van der Waals surface area contributed by atoms with Crippen molar-refractivity contribution in [2.75, 3.05) is 39.4 Å². The van der Waals surface area contributed by atoms with Crippen molar-refractivity contribution in [3.63, 3.8) is 0 Å². The molecule has 1 aromatic heterocycles. The van der Waals surface area contributed by atoms with Crippen molar-refractivity contribution in [1.29, 1.82) is 0 Å². The van der Waals surface area contributed by atoms with E-state index in [2.05, 4.69) is 11.0 Å². The van der Waals surface area contributed by atoms with Gasteiger partial charge in [0.05, 0.1) is 18.1 Å². The van der Waals surface area contributed by atoms with Crippen LogP contribution in [-0.2, 0) is 27.8 Å². The molecule has 0 radical (unpaired) electrons. The Bertz CT molecular complexity index is 1410. The molecule has 3 aromatic rings. The quantitative estimate of drug-likeness (QED) is 0.533. The second-order valence-electron chi connectivity index (χ2n) is 10.1. The summed E-state index contributed by atoms with van der Waals surface area (Å²) in [4.78, 5) is 16.5. The van der Waals surface area contributed by atoms with E-state index in [0.29, 0.717) is 24.5 Å². The van der Waals surface area contributed by atoms with Gasteiger partial charge < -0.3 is 9.30 Å². The number of aromatic nitrogens is 1. The largest absolute Gasteiger partial charge is 0.379 e.